The average Bonchev–Trinajstić information content (AvgIpc) is 2.61. The Morgan fingerprint density at radius 2 is 2.31 bits per heavy atom. The van der Waals surface area contributed by atoms with Gasteiger partial charge in [0.05, 0.1) is 5.69 Å². The lowest BCUT2D eigenvalue weighted by Crippen LogP contribution is -2.24. The van der Waals surface area contributed by atoms with Crippen LogP contribution in [-0.2, 0) is 9.53 Å². The van der Waals surface area contributed by atoms with E-state index in [9.17, 15) is 4.79 Å². The number of likely N-dealkylation sites (N-methyl/N-ethyl adjacent to an activating group) is 1. The maximum absolute atomic E-state index is 11.2. The molecule has 1 heterocycles. The summed E-state index contributed by atoms with van der Waals surface area (Å²) in [5, 5.41) is 0. The van der Waals surface area contributed by atoms with E-state index < -0.39 is 0 Å². The van der Waals surface area contributed by atoms with Gasteiger partial charge in [-0.3, -0.25) is 9.69 Å². The van der Waals surface area contributed by atoms with Crippen molar-refractivity contribution in [1.82, 2.24) is 4.90 Å². The topological polar surface area (TPSA) is 41.9 Å². The molecule has 0 radical (unpaired) electrons. The number of rotatable bonds is 2. The van der Waals surface area contributed by atoms with Gasteiger partial charge in [-0.15, -0.1) is 11.8 Å². The third kappa shape index (κ3) is 2.19. The summed E-state index contributed by atoms with van der Waals surface area (Å²) < 4.78 is 5.17. The van der Waals surface area contributed by atoms with E-state index in [1.165, 1.54) is 4.90 Å². The second-order valence-electron chi connectivity index (χ2n) is 3.34. The Balaban J connectivity index is 2.25. The standard InChI is InChI=1S/C11H12N2O2S/c1-13-10(14)7-15-11(13)12-8-4-3-5-9(6-8)16-2/h3-6H,7H2,1-2H3. The van der Waals surface area contributed by atoms with Gasteiger partial charge in [0.25, 0.3) is 11.9 Å². The first-order valence-electron chi connectivity index (χ1n) is 4.83. The Morgan fingerprint density at radius 1 is 1.50 bits per heavy atom. The van der Waals surface area contributed by atoms with Crippen molar-refractivity contribution in [3.05, 3.63) is 24.3 Å². The van der Waals surface area contributed by atoms with Crippen LogP contribution in [0.4, 0.5) is 5.69 Å². The van der Waals surface area contributed by atoms with E-state index in [0.717, 1.165) is 10.6 Å². The van der Waals surface area contributed by atoms with E-state index in [-0.39, 0.29) is 12.5 Å². The number of aliphatic imine (C=N–C) groups is 1. The first kappa shape index (κ1) is 11.0. The molecule has 2 rings (SSSR count). The Kier molecular flexibility index (Phi) is 3.14. The van der Waals surface area contributed by atoms with Gasteiger partial charge < -0.3 is 4.74 Å². The quantitative estimate of drug-likeness (QED) is 0.736. The van der Waals surface area contributed by atoms with E-state index in [1.54, 1.807) is 18.8 Å². The highest BCUT2D eigenvalue weighted by Gasteiger charge is 2.25. The molecule has 4 nitrogen and oxygen atoms in total. The van der Waals surface area contributed by atoms with E-state index >= 15 is 0 Å². The molecule has 0 N–H and O–H groups in total. The number of amides is 1. The number of ether oxygens (including phenoxy) is 1. The molecule has 1 aromatic carbocycles. The highest BCUT2D eigenvalue weighted by atomic mass is 32.2. The summed E-state index contributed by atoms with van der Waals surface area (Å²) in [5.74, 6) is -0.0697. The van der Waals surface area contributed by atoms with Crippen molar-refractivity contribution in [3.63, 3.8) is 0 Å². The molecule has 0 unspecified atom stereocenters. The first-order chi connectivity index (χ1) is 7.70. The molecule has 1 aliphatic rings. The van der Waals surface area contributed by atoms with Crippen LogP contribution in [0.3, 0.4) is 0 Å². The fourth-order valence-corrected chi connectivity index (χ4v) is 1.78. The first-order valence-corrected chi connectivity index (χ1v) is 6.05. The van der Waals surface area contributed by atoms with Crippen LogP contribution in [-0.4, -0.2) is 36.7 Å². The lowest BCUT2D eigenvalue weighted by atomic mass is 10.3. The molecule has 0 atom stereocenters. The monoisotopic (exact) mass is 236 g/mol. The molecule has 16 heavy (non-hydrogen) atoms. The van der Waals surface area contributed by atoms with Crippen LogP contribution >= 0.6 is 11.8 Å². The van der Waals surface area contributed by atoms with Gasteiger partial charge in [-0.25, -0.2) is 0 Å². The zero-order valence-electron chi connectivity index (χ0n) is 9.14. The van der Waals surface area contributed by atoms with Crippen molar-refractivity contribution in [3.8, 4) is 0 Å². The largest absolute Gasteiger partial charge is 0.454 e. The lowest BCUT2D eigenvalue weighted by Gasteiger charge is -2.06. The highest BCUT2D eigenvalue weighted by molar-refractivity contribution is 7.98. The van der Waals surface area contributed by atoms with Crippen molar-refractivity contribution < 1.29 is 9.53 Å². The van der Waals surface area contributed by atoms with Gasteiger partial charge in [-0.1, -0.05) is 6.07 Å². The molecule has 0 aliphatic carbocycles. The molecule has 0 bridgehead atoms. The molecule has 5 heteroatoms. The Labute approximate surface area is 98.3 Å². The minimum atomic E-state index is -0.0697. The van der Waals surface area contributed by atoms with Crippen LogP contribution in [0.25, 0.3) is 0 Å². The summed E-state index contributed by atoms with van der Waals surface area (Å²) in [6.07, 6.45) is 2.01. The van der Waals surface area contributed by atoms with Gasteiger partial charge in [0, 0.05) is 11.9 Å². The normalized spacial score (nSPS) is 18.0. The minimum absolute atomic E-state index is 0.0697. The van der Waals surface area contributed by atoms with Crippen molar-refractivity contribution in [1.29, 1.82) is 0 Å². The zero-order chi connectivity index (χ0) is 11.5. The number of carbonyl (C=O) groups excluding carboxylic acids is 1. The summed E-state index contributed by atoms with van der Waals surface area (Å²) in [6, 6.07) is 8.15. The van der Waals surface area contributed by atoms with Crippen LogP contribution in [0.1, 0.15) is 0 Å². The lowest BCUT2D eigenvalue weighted by molar-refractivity contribution is -0.124. The number of amidine groups is 1. The fraction of sp³-hybridized carbons (Fsp3) is 0.273. The second-order valence-corrected chi connectivity index (χ2v) is 4.22. The molecule has 1 saturated heterocycles. The third-order valence-corrected chi connectivity index (χ3v) is 2.99. The maximum atomic E-state index is 11.2. The van der Waals surface area contributed by atoms with Gasteiger partial charge in [-0.2, -0.15) is 4.99 Å². The van der Waals surface area contributed by atoms with Crippen LogP contribution < -0.4 is 0 Å². The van der Waals surface area contributed by atoms with Crippen LogP contribution in [0.15, 0.2) is 34.2 Å². The van der Waals surface area contributed by atoms with Crippen molar-refractivity contribution in [2.75, 3.05) is 19.9 Å². The summed E-state index contributed by atoms with van der Waals surface area (Å²) in [7, 11) is 1.66. The Bertz CT molecular complexity index is 445. The molecule has 0 aromatic heterocycles. The number of hydrogen-bond donors (Lipinski definition) is 0. The van der Waals surface area contributed by atoms with Gasteiger partial charge in [0.2, 0.25) is 0 Å². The molecule has 1 aromatic rings. The fourth-order valence-electron chi connectivity index (χ4n) is 1.32. The molecule has 84 valence electrons. The Morgan fingerprint density at radius 3 is 2.94 bits per heavy atom. The number of carbonyl (C=O) groups is 1. The highest BCUT2D eigenvalue weighted by Crippen LogP contribution is 2.22. The molecule has 1 aliphatic heterocycles. The van der Waals surface area contributed by atoms with Crippen molar-refractivity contribution >= 4 is 29.4 Å². The number of nitrogens with zero attached hydrogens (tertiary/aromatic N) is 2. The van der Waals surface area contributed by atoms with Crippen LogP contribution in [0.2, 0.25) is 0 Å². The summed E-state index contributed by atoms with van der Waals surface area (Å²) in [6.45, 7) is 0.0809. The smallest absolute Gasteiger partial charge is 0.299 e. The van der Waals surface area contributed by atoms with Gasteiger partial charge in [0.15, 0.2) is 6.61 Å². The van der Waals surface area contributed by atoms with E-state index in [1.807, 2.05) is 30.5 Å². The molecule has 1 amide bonds. The predicted molar refractivity (Wildman–Crippen MR) is 64.0 cm³/mol. The van der Waals surface area contributed by atoms with Crippen molar-refractivity contribution in [2.45, 2.75) is 4.90 Å². The molecular weight excluding hydrogens is 224 g/mol. The molecule has 1 fully saturated rings. The predicted octanol–water partition coefficient (Wildman–Crippen LogP) is 1.88. The average molecular weight is 236 g/mol. The van der Waals surface area contributed by atoms with Crippen molar-refractivity contribution in [2.24, 2.45) is 4.99 Å². The van der Waals surface area contributed by atoms with Gasteiger partial charge >= 0.3 is 0 Å². The number of thioether (sulfide) groups is 1. The summed E-state index contributed by atoms with van der Waals surface area (Å²) in [5.41, 5.74) is 0.795. The number of benzene rings is 1. The Hall–Kier alpha value is -1.49. The molecule has 0 saturated carbocycles. The third-order valence-electron chi connectivity index (χ3n) is 2.26. The van der Waals surface area contributed by atoms with Crippen LogP contribution in [0.5, 0.6) is 0 Å². The van der Waals surface area contributed by atoms with Gasteiger partial charge in [0.1, 0.15) is 0 Å². The molecule has 0 spiro atoms. The minimum Gasteiger partial charge on any atom is -0.454 e. The SMILES string of the molecule is CSc1cccc(N=C2OCC(=O)N2C)c1. The zero-order valence-corrected chi connectivity index (χ0v) is 9.95. The van der Waals surface area contributed by atoms with Crippen LogP contribution in [0, 0.1) is 0 Å². The second kappa shape index (κ2) is 4.57. The van der Waals surface area contributed by atoms with E-state index in [4.69, 9.17) is 4.74 Å². The molecular formula is C11H12N2O2S. The maximum Gasteiger partial charge on any atom is 0.299 e. The van der Waals surface area contributed by atoms with E-state index in [0.29, 0.717) is 6.02 Å². The summed E-state index contributed by atoms with van der Waals surface area (Å²) in [4.78, 5) is 18.1. The number of hydrogen-bond acceptors (Lipinski definition) is 4. The van der Waals surface area contributed by atoms with E-state index in [2.05, 4.69) is 4.99 Å². The summed E-state index contributed by atoms with van der Waals surface area (Å²) >= 11 is 1.65. The van der Waals surface area contributed by atoms with Gasteiger partial charge in [-0.05, 0) is 24.5 Å².